The van der Waals surface area contributed by atoms with Crippen LogP contribution < -0.4 is 0 Å². The Kier molecular flexibility index (Phi) is 4.54. The predicted molar refractivity (Wildman–Crippen MR) is 40.3 cm³/mol. The fraction of sp³-hybridized carbons (Fsp3) is 0.714. The SMILES string of the molecule is CCC/C=C(\CC)[N+](=O)[O-]. The molecule has 0 saturated heterocycles. The van der Waals surface area contributed by atoms with E-state index in [1.165, 1.54) is 0 Å². The summed E-state index contributed by atoms with van der Waals surface area (Å²) in [6, 6.07) is 0. The minimum atomic E-state index is -0.310. The molecule has 0 heterocycles. The second kappa shape index (κ2) is 4.97. The lowest BCUT2D eigenvalue weighted by Gasteiger charge is -1.91. The monoisotopic (exact) mass is 143 g/mol. The zero-order valence-electron chi connectivity index (χ0n) is 6.46. The largest absolute Gasteiger partial charge is 0.259 e. The molecule has 0 aromatic heterocycles. The van der Waals surface area contributed by atoms with Crippen molar-refractivity contribution in [2.45, 2.75) is 33.1 Å². The van der Waals surface area contributed by atoms with E-state index in [1.807, 2.05) is 6.92 Å². The van der Waals surface area contributed by atoms with Crippen LogP contribution in [-0.2, 0) is 0 Å². The van der Waals surface area contributed by atoms with Gasteiger partial charge in [-0.05, 0) is 12.5 Å². The van der Waals surface area contributed by atoms with Crippen molar-refractivity contribution in [1.29, 1.82) is 0 Å². The van der Waals surface area contributed by atoms with Crippen LogP contribution in [0.4, 0.5) is 0 Å². The number of nitrogens with zero attached hydrogens (tertiary/aromatic N) is 1. The van der Waals surface area contributed by atoms with Crippen molar-refractivity contribution < 1.29 is 4.92 Å². The number of nitro groups is 1. The minimum Gasteiger partial charge on any atom is -0.259 e. The molecule has 0 spiro atoms. The summed E-state index contributed by atoms with van der Waals surface area (Å²) in [5.74, 6) is 0. The van der Waals surface area contributed by atoms with Crippen LogP contribution in [0.15, 0.2) is 11.8 Å². The molecule has 0 aliphatic heterocycles. The lowest BCUT2D eigenvalue weighted by Crippen LogP contribution is -1.96. The summed E-state index contributed by atoms with van der Waals surface area (Å²) < 4.78 is 0. The molecule has 0 aliphatic carbocycles. The van der Waals surface area contributed by atoms with E-state index in [0.29, 0.717) is 12.1 Å². The van der Waals surface area contributed by atoms with Crippen LogP contribution in [0.25, 0.3) is 0 Å². The van der Waals surface area contributed by atoms with Gasteiger partial charge in [-0.2, -0.15) is 0 Å². The van der Waals surface area contributed by atoms with E-state index < -0.39 is 0 Å². The number of rotatable bonds is 4. The molecule has 3 heteroatoms. The van der Waals surface area contributed by atoms with Gasteiger partial charge in [-0.15, -0.1) is 0 Å². The Labute approximate surface area is 60.9 Å². The molecular weight excluding hydrogens is 130 g/mol. The van der Waals surface area contributed by atoms with Gasteiger partial charge in [0, 0.05) is 6.42 Å². The van der Waals surface area contributed by atoms with Crippen LogP contribution in [0.2, 0.25) is 0 Å². The maximum Gasteiger partial charge on any atom is 0.242 e. The summed E-state index contributed by atoms with van der Waals surface area (Å²) in [6.45, 7) is 3.80. The Morgan fingerprint density at radius 1 is 1.60 bits per heavy atom. The number of unbranched alkanes of at least 4 members (excludes halogenated alkanes) is 1. The number of allylic oxidation sites excluding steroid dienone is 2. The lowest BCUT2D eigenvalue weighted by molar-refractivity contribution is -0.427. The maximum absolute atomic E-state index is 10.2. The van der Waals surface area contributed by atoms with Crippen molar-refractivity contribution in [2.24, 2.45) is 0 Å². The van der Waals surface area contributed by atoms with Crippen LogP contribution >= 0.6 is 0 Å². The third-order valence-electron chi connectivity index (χ3n) is 1.27. The first kappa shape index (κ1) is 9.14. The van der Waals surface area contributed by atoms with E-state index in [2.05, 4.69) is 0 Å². The molecule has 0 radical (unpaired) electrons. The lowest BCUT2D eigenvalue weighted by atomic mass is 10.2. The first-order valence-corrected chi connectivity index (χ1v) is 3.55. The molecule has 0 aromatic carbocycles. The van der Waals surface area contributed by atoms with Crippen LogP contribution in [-0.4, -0.2) is 4.92 Å². The first-order valence-electron chi connectivity index (χ1n) is 3.55. The van der Waals surface area contributed by atoms with Gasteiger partial charge in [-0.1, -0.05) is 20.3 Å². The topological polar surface area (TPSA) is 43.1 Å². The number of hydrogen-bond donors (Lipinski definition) is 0. The van der Waals surface area contributed by atoms with E-state index in [9.17, 15) is 10.1 Å². The molecule has 0 bridgehead atoms. The van der Waals surface area contributed by atoms with E-state index in [-0.39, 0.29) is 4.92 Å². The molecule has 0 aromatic rings. The minimum absolute atomic E-state index is 0.310. The summed E-state index contributed by atoms with van der Waals surface area (Å²) in [4.78, 5) is 9.86. The standard InChI is InChI=1S/C7H13NO2/c1-3-5-6-7(4-2)8(9)10/h6H,3-5H2,1-2H3/b7-6+. The summed E-state index contributed by atoms with van der Waals surface area (Å²) in [7, 11) is 0. The summed E-state index contributed by atoms with van der Waals surface area (Å²) in [5, 5.41) is 10.2. The fourth-order valence-corrected chi connectivity index (χ4v) is 0.659. The average Bonchev–Trinajstić information content (AvgIpc) is 1.89. The molecular formula is C7H13NO2. The van der Waals surface area contributed by atoms with Gasteiger partial charge in [-0.3, -0.25) is 10.1 Å². The predicted octanol–water partition coefficient (Wildman–Crippen LogP) is 2.36. The van der Waals surface area contributed by atoms with Crippen molar-refractivity contribution in [3.63, 3.8) is 0 Å². The molecule has 10 heavy (non-hydrogen) atoms. The van der Waals surface area contributed by atoms with Gasteiger partial charge in [-0.25, -0.2) is 0 Å². The van der Waals surface area contributed by atoms with Crippen molar-refractivity contribution in [1.82, 2.24) is 0 Å². The Hall–Kier alpha value is -0.860. The highest BCUT2D eigenvalue weighted by molar-refractivity contribution is 4.89. The van der Waals surface area contributed by atoms with Gasteiger partial charge in [0.15, 0.2) is 0 Å². The molecule has 0 unspecified atom stereocenters. The second-order valence-corrected chi connectivity index (χ2v) is 2.09. The van der Waals surface area contributed by atoms with Gasteiger partial charge in [0.05, 0.1) is 4.92 Å². The van der Waals surface area contributed by atoms with Crippen molar-refractivity contribution in [3.8, 4) is 0 Å². The third-order valence-corrected chi connectivity index (χ3v) is 1.27. The molecule has 0 atom stereocenters. The summed E-state index contributed by atoms with van der Waals surface area (Å²) in [5.41, 5.74) is 0.335. The van der Waals surface area contributed by atoms with Gasteiger partial charge in [0.1, 0.15) is 0 Å². The van der Waals surface area contributed by atoms with Gasteiger partial charge in [0.2, 0.25) is 5.70 Å². The molecule has 3 nitrogen and oxygen atoms in total. The van der Waals surface area contributed by atoms with Crippen LogP contribution in [0, 0.1) is 10.1 Å². The van der Waals surface area contributed by atoms with Gasteiger partial charge in [0.25, 0.3) is 0 Å². The second-order valence-electron chi connectivity index (χ2n) is 2.09. The summed E-state index contributed by atoms with van der Waals surface area (Å²) >= 11 is 0. The molecule has 0 fully saturated rings. The van der Waals surface area contributed by atoms with Crippen LogP contribution in [0.5, 0.6) is 0 Å². The van der Waals surface area contributed by atoms with Crippen LogP contribution in [0.3, 0.4) is 0 Å². The zero-order chi connectivity index (χ0) is 7.98. The van der Waals surface area contributed by atoms with Crippen LogP contribution in [0.1, 0.15) is 33.1 Å². The van der Waals surface area contributed by atoms with E-state index in [1.54, 1.807) is 13.0 Å². The van der Waals surface area contributed by atoms with Crippen molar-refractivity contribution in [2.75, 3.05) is 0 Å². The van der Waals surface area contributed by atoms with Gasteiger partial charge < -0.3 is 0 Å². The van der Waals surface area contributed by atoms with Crippen molar-refractivity contribution in [3.05, 3.63) is 21.9 Å². The fourth-order valence-electron chi connectivity index (χ4n) is 0.659. The van der Waals surface area contributed by atoms with Gasteiger partial charge >= 0.3 is 0 Å². The third kappa shape index (κ3) is 3.22. The zero-order valence-corrected chi connectivity index (χ0v) is 6.46. The Bertz CT molecular complexity index is 141. The molecule has 0 rings (SSSR count). The number of hydrogen-bond acceptors (Lipinski definition) is 2. The highest BCUT2D eigenvalue weighted by atomic mass is 16.6. The van der Waals surface area contributed by atoms with E-state index in [0.717, 1.165) is 12.8 Å². The summed E-state index contributed by atoms with van der Waals surface area (Å²) in [6.07, 6.45) is 3.99. The molecule has 0 saturated carbocycles. The normalized spacial score (nSPS) is 11.6. The Morgan fingerprint density at radius 3 is 2.50 bits per heavy atom. The highest BCUT2D eigenvalue weighted by Gasteiger charge is 2.04. The maximum atomic E-state index is 10.2. The Morgan fingerprint density at radius 2 is 2.20 bits per heavy atom. The smallest absolute Gasteiger partial charge is 0.242 e. The molecule has 0 aliphatic rings. The highest BCUT2D eigenvalue weighted by Crippen LogP contribution is 2.03. The molecule has 0 N–H and O–H groups in total. The molecule has 58 valence electrons. The Balaban J connectivity index is 3.91. The van der Waals surface area contributed by atoms with Crippen molar-refractivity contribution >= 4 is 0 Å². The average molecular weight is 143 g/mol. The van der Waals surface area contributed by atoms with E-state index >= 15 is 0 Å². The first-order chi connectivity index (χ1) is 4.72. The molecule has 0 amide bonds. The van der Waals surface area contributed by atoms with E-state index in [4.69, 9.17) is 0 Å². The quantitative estimate of drug-likeness (QED) is 0.448.